The maximum absolute atomic E-state index is 9.58. The monoisotopic (exact) mass is 255 g/mol. The summed E-state index contributed by atoms with van der Waals surface area (Å²) in [5.74, 6) is -1.06. The average Bonchev–Trinajstić information content (AvgIpc) is 2.37. The Morgan fingerprint density at radius 3 is 2.61 bits per heavy atom. The topological polar surface area (TPSA) is 82.0 Å². The van der Waals surface area contributed by atoms with Gasteiger partial charge in [0, 0.05) is 25.3 Å². The van der Waals surface area contributed by atoms with Gasteiger partial charge in [-0.05, 0) is 25.5 Å². The molecule has 0 aliphatic heterocycles. The standard InChI is InChI=1S/C13H21NO4/c1-2-7-18-8-3-6-14-9-10-4-5-11(15)13(17)12(10)16/h4-5,14-17H,2-3,6-9H2,1H3. The first-order valence-electron chi connectivity index (χ1n) is 6.18. The lowest BCUT2D eigenvalue weighted by molar-refractivity contribution is 0.132. The molecule has 18 heavy (non-hydrogen) atoms. The minimum absolute atomic E-state index is 0.273. The molecule has 1 aromatic rings. The average molecular weight is 255 g/mol. The van der Waals surface area contributed by atoms with Crippen LogP contribution in [0.1, 0.15) is 25.3 Å². The second-order valence-corrected chi connectivity index (χ2v) is 4.08. The highest BCUT2D eigenvalue weighted by Crippen LogP contribution is 2.36. The summed E-state index contributed by atoms with van der Waals surface area (Å²) in [6, 6.07) is 2.93. The minimum Gasteiger partial charge on any atom is -0.504 e. The van der Waals surface area contributed by atoms with Crippen LogP contribution in [0.5, 0.6) is 17.2 Å². The van der Waals surface area contributed by atoms with Crippen LogP contribution >= 0.6 is 0 Å². The number of nitrogens with one attached hydrogen (secondary N) is 1. The van der Waals surface area contributed by atoms with E-state index in [1.807, 2.05) is 0 Å². The minimum atomic E-state index is -0.472. The SMILES string of the molecule is CCCOCCCNCc1ccc(O)c(O)c1O. The molecule has 0 aliphatic carbocycles. The van der Waals surface area contributed by atoms with Crippen LogP contribution in [0.3, 0.4) is 0 Å². The van der Waals surface area contributed by atoms with Crippen molar-refractivity contribution in [3.63, 3.8) is 0 Å². The smallest absolute Gasteiger partial charge is 0.200 e. The normalized spacial score (nSPS) is 10.7. The van der Waals surface area contributed by atoms with E-state index in [4.69, 9.17) is 9.84 Å². The first kappa shape index (κ1) is 14.6. The lowest BCUT2D eigenvalue weighted by Gasteiger charge is -2.09. The van der Waals surface area contributed by atoms with Crippen molar-refractivity contribution in [3.8, 4) is 17.2 Å². The van der Waals surface area contributed by atoms with Crippen molar-refractivity contribution < 1.29 is 20.1 Å². The molecule has 0 amide bonds. The lowest BCUT2D eigenvalue weighted by Crippen LogP contribution is -2.16. The van der Waals surface area contributed by atoms with Crippen molar-refractivity contribution in [3.05, 3.63) is 17.7 Å². The molecule has 4 N–H and O–H groups in total. The zero-order valence-electron chi connectivity index (χ0n) is 10.6. The van der Waals surface area contributed by atoms with E-state index >= 15 is 0 Å². The van der Waals surface area contributed by atoms with Gasteiger partial charge in [-0.3, -0.25) is 0 Å². The van der Waals surface area contributed by atoms with Gasteiger partial charge in [0.05, 0.1) is 0 Å². The summed E-state index contributed by atoms with van der Waals surface area (Å²) < 4.78 is 5.33. The van der Waals surface area contributed by atoms with Gasteiger partial charge in [-0.15, -0.1) is 0 Å². The van der Waals surface area contributed by atoms with Gasteiger partial charge in [-0.1, -0.05) is 13.0 Å². The molecule has 0 fully saturated rings. The van der Waals surface area contributed by atoms with Crippen LogP contribution in [0.15, 0.2) is 12.1 Å². The van der Waals surface area contributed by atoms with E-state index in [1.54, 1.807) is 6.07 Å². The van der Waals surface area contributed by atoms with Gasteiger partial charge in [0.2, 0.25) is 5.75 Å². The fourth-order valence-electron chi connectivity index (χ4n) is 1.52. The molecule has 5 nitrogen and oxygen atoms in total. The summed E-state index contributed by atoms with van der Waals surface area (Å²) in [5.41, 5.74) is 0.555. The molecule has 5 heteroatoms. The summed E-state index contributed by atoms with van der Waals surface area (Å²) in [5, 5.41) is 31.2. The zero-order valence-corrected chi connectivity index (χ0v) is 10.6. The van der Waals surface area contributed by atoms with Gasteiger partial charge >= 0.3 is 0 Å². The quantitative estimate of drug-likeness (QED) is 0.420. The molecule has 0 heterocycles. The third-order valence-corrected chi connectivity index (χ3v) is 2.52. The number of benzene rings is 1. The van der Waals surface area contributed by atoms with E-state index in [0.717, 1.165) is 26.0 Å². The number of hydrogen-bond acceptors (Lipinski definition) is 5. The van der Waals surface area contributed by atoms with Crippen LogP contribution in [-0.2, 0) is 11.3 Å². The third-order valence-electron chi connectivity index (χ3n) is 2.52. The number of rotatable bonds is 8. The number of phenolic OH excluding ortho intramolecular Hbond substituents is 3. The van der Waals surface area contributed by atoms with Gasteiger partial charge < -0.3 is 25.4 Å². The van der Waals surface area contributed by atoms with Gasteiger partial charge in [0.15, 0.2) is 11.5 Å². The predicted octanol–water partition coefficient (Wildman–Crippen LogP) is 1.71. The molecule has 0 unspecified atom stereocenters. The van der Waals surface area contributed by atoms with Crippen molar-refractivity contribution in [1.82, 2.24) is 5.32 Å². The maximum atomic E-state index is 9.58. The van der Waals surface area contributed by atoms with E-state index in [0.29, 0.717) is 18.7 Å². The fraction of sp³-hybridized carbons (Fsp3) is 0.538. The summed E-state index contributed by atoms with van der Waals surface area (Å²) in [4.78, 5) is 0. The highest BCUT2D eigenvalue weighted by molar-refractivity contribution is 5.52. The molecule has 0 atom stereocenters. The molecule has 0 radical (unpaired) electrons. The molecule has 0 aliphatic rings. The van der Waals surface area contributed by atoms with Crippen molar-refractivity contribution >= 4 is 0 Å². The largest absolute Gasteiger partial charge is 0.504 e. The van der Waals surface area contributed by atoms with Gasteiger partial charge in [-0.25, -0.2) is 0 Å². The second kappa shape index (κ2) is 7.79. The Labute approximate surface area is 107 Å². The first-order chi connectivity index (χ1) is 8.66. The van der Waals surface area contributed by atoms with E-state index < -0.39 is 5.75 Å². The van der Waals surface area contributed by atoms with Crippen LogP contribution in [0.25, 0.3) is 0 Å². The van der Waals surface area contributed by atoms with Crippen molar-refractivity contribution in [2.24, 2.45) is 0 Å². The van der Waals surface area contributed by atoms with E-state index in [-0.39, 0.29) is 11.5 Å². The van der Waals surface area contributed by atoms with Crippen LogP contribution in [-0.4, -0.2) is 35.1 Å². The van der Waals surface area contributed by atoms with E-state index in [9.17, 15) is 10.2 Å². The molecule has 102 valence electrons. The fourth-order valence-corrected chi connectivity index (χ4v) is 1.52. The van der Waals surface area contributed by atoms with Gasteiger partial charge in [0.1, 0.15) is 0 Å². The Kier molecular flexibility index (Phi) is 6.32. The second-order valence-electron chi connectivity index (χ2n) is 4.08. The zero-order chi connectivity index (χ0) is 13.4. The van der Waals surface area contributed by atoms with Crippen molar-refractivity contribution in [2.45, 2.75) is 26.3 Å². The molecule has 0 spiro atoms. The Morgan fingerprint density at radius 1 is 1.11 bits per heavy atom. The summed E-state index contributed by atoms with van der Waals surface area (Å²) >= 11 is 0. The van der Waals surface area contributed by atoms with Crippen LogP contribution in [0.4, 0.5) is 0 Å². The molecule has 1 aromatic carbocycles. The van der Waals surface area contributed by atoms with Crippen LogP contribution in [0, 0.1) is 0 Å². The Bertz CT molecular complexity index is 368. The molecular weight excluding hydrogens is 234 g/mol. The third kappa shape index (κ3) is 4.43. The van der Waals surface area contributed by atoms with E-state index in [1.165, 1.54) is 6.07 Å². The van der Waals surface area contributed by atoms with Crippen LogP contribution in [0.2, 0.25) is 0 Å². The van der Waals surface area contributed by atoms with Crippen molar-refractivity contribution in [1.29, 1.82) is 0 Å². The molecular formula is C13H21NO4. The Balaban J connectivity index is 2.25. The number of hydrogen-bond donors (Lipinski definition) is 4. The first-order valence-corrected chi connectivity index (χ1v) is 6.18. The molecule has 0 bridgehead atoms. The highest BCUT2D eigenvalue weighted by atomic mass is 16.5. The molecule has 1 rings (SSSR count). The Hall–Kier alpha value is -1.46. The lowest BCUT2D eigenvalue weighted by atomic mass is 10.1. The Morgan fingerprint density at radius 2 is 1.89 bits per heavy atom. The van der Waals surface area contributed by atoms with E-state index in [2.05, 4.69) is 12.2 Å². The maximum Gasteiger partial charge on any atom is 0.200 e. The summed E-state index contributed by atoms with van der Waals surface area (Å²) in [7, 11) is 0. The molecule has 0 saturated carbocycles. The van der Waals surface area contributed by atoms with Gasteiger partial charge in [0.25, 0.3) is 0 Å². The molecule has 0 saturated heterocycles. The van der Waals surface area contributed by atoms with Crippen molar-refractivity contribution in [2.75, 3.05) is 19.8 Å². The van der Waals surface area contributed by atoms with Crippen LogP contribution < -0.4 is 5.32 Å². The number of phenols is 3. The number of aromatic hydroxyl groups is 3. The molecule has 0 aromatic heterocycles. The number of ether oxygens (including phenoxy) is 1. The summed E-state index contributed by atoms with van der Waals surface area (Å²) in [6.45, 7) is 4.77. The highest BCUT2D eigenvalue weighted by Gasteiger charge is 2.10. The van der Waals surface area contributed by atoms with Gasteiger partial charge in [-0.2, -0.15) is 0 Å². The predicted molar refractivity (Wildman–Crippen MR) is 68.9 cm³/mol. The summed E-state index contributed by atoms with van der Waals surface area (Å²) in [6.07, 6.45) is 1.92.